The summed E-state index contributed by atoms with van der Waals surface area (Å²) >= 11 is 0. The quantitative estimate of drug-likeness (QED) is 0.0206. The van der Waals surface area contributed by atoms with E-state index in [1.807, 2.05) is 127 Å². The molecule has 5 N–H and O–H groups in total. The number of carboxylic acid groups (broad SMARTS) is 2. The van der Waals surface area contributed by atoms with Gasteiger partial charge in [0.1, 0.15) is 88.6 Å². The van der Waals surface area contributed by atoms with Crippen molar-refractivity contribution < 1.29 is 99.9 Å². The first-order chi connectivity index (χ1) is 64.7. The Morgan fingerprint density at radius 3 is 0.824 bits per heavy atom. The molecule has 3 aliphatic carbocycles. The number of carbonyl (C=O) groups is 12. The lowest BCUT2D eigenvalue weighted by atomic mass is 9.96. The number of carbonyl (C=O) groups excluding carboxylic acids is 10. The number of alkyl carbamates (subject to hydrolysis) is 3. The summed E-state index contributed by atoms with van der Waals surface area (Å²) in [5.74, 6) is -5.71. The van der Waals surface area contributed by atoms with E-state index in [2.05, 4.69) is 16.0 Å². The Balaban J connectivity index is 0.000000173. The van der Waals surface area contributed by atoms with Crippen LogP contribution in [0.1, 0.15) is 153 Å². The minimum atomic E-state index is -1.11. The van der Waals surface area contributed by atoms with Gasteiger partial charge in [-0.25, -0.2) is 41.9 Å². The van der Waals surface area contributed by atoms with Crippen molar-refractivity contribution in [2.24, 2.45) is 17.8 Å². The maximum absolute atomic E-state index is 14.3. The summed E-state index contributed by atoms with van der Waals surface area (Å²) in [6.45, 7) is 16.0. The van der Waals surface area contributed by atoms with Gasteiger partial charge in [0.05, 0.1) is 7.11 Å². The van der Waals surface area contributed by atoms with E-state index in [1.54, 1.807) is 104 Å². The molecular weight excluding hydrogens is 1740 g/mol. The topological polar surface area (TPSA) is 338 Å². The van der Waals surface area contributed by atoms with Gasteiger partial charge in [0, 0.05) is 77.8 Å². The smallest absolute Gasteiger partial charge is 0.408 e. The first kappa shape index (κ1) is 100. The summed E-state index contributed by atoms with van der Waals surface area (Å²) in [5.41, 5.74) is 1.96. The molecule has 0 spiro atoms. The number of nitrogens with zero attached hydrogens (tertiary/aromatic N) is 6. The first-order valence-corrected chi connectivity index (χ1v) is 46.7. The van der Waals surface area contributed by atoms with Gasteiger partial charge >= 0.3 is 36.2 Å². The van der Waals surface area contributed by atoms with Crippen LogP contribution in [0.4, 0.5) is 27.6 Å². The van der Waals surface area contributed by atoms with Crippen molar-refractivity contribution in [3.05, 3.63) is 251 Å². The second kappa shape index (κ2) is 43.9. The number of rotatable bonds is 30. The highest BCUT2D eigenvalue weighted by molar-refractivity contribution is 5.98. The first-order valence-electron chi connectivity index (χ1n) is 46.7. The minimum absolute atomic E-state index is 0.0337. The Morgan fingerprint density at radius 2 is 0.581 bits per heavy atom. The molecule has 6 aliphatic rings. The fourth-order valence-corrected chi connectivity index (χ4v) is 17.8. The van der Waals surface area contributed by atoms with Crippen LogP contribution in [0.2, 0.25) is 0 Å². The molecule has 6 fully saturated rings. The number of hydrogen-bond donors (Lipinski definition) is 5. The summed E-state index contributed by atoms with van der Waals surface area (Å²) in [7, 11) is 1.31. The lowest BCUT2D eigenvalue weighted by Gasteiger charge is -2.44. The summed E-state index contributed by atoms with van der Waals surface area (Å²) < 4.78 is 62.3. The van der Waals surface area contributed by atoms with Gasteiger partial charge in [0.25, 0.3) is 0 Å². The number of amides is 9. The maximum Gasteiger partial charge on any atom is 0.408 e. The number of halogens is 3. The fourth-order valence-electron chi connectivity index (χ4n) is 17.8. The van der Waals surface area contributed by atoms with Crippen molar-refractivity contribution >= 4 is 104 Å². The van der Waals surface area contributed by atoms with Crippen LogP contribution in [0.5, 0.6) is 0 Å². The molecule has 3 aliphatic heterocycles. The standard InChI is InChI=1S/C36H42FN3O6.2C35H40FN3O6/c1-36(2,3)46-35(44)38-29(20-23-12-15-28(37)16-13-23)32(41)39-17-18-40(33(42)30(39)21-24-9-10-24)31(34(43)45-4)22-25-11-14-26-7-5-6-8-27(26)19-25;2*1-35(2,3)45-34(44)37-28(19-22-11-14-27(36)15-12-22)31(40)38-16-17-39(32(41)29(38)20-23-8-9-23)30(33(42)43)21-24-10-13-25-6-4-5-7-26(25)18-24/h5-8,11-16,19,24,29-31H,9-10,17-18,20-22H2,1-4H3,(H,38,44);2*4-7,10-15,18,23,28-30H,8-9,16-17,19-21H2,1-3H3,(H,37,44)(H,42,43)/t29-,30+,31+;2*28-,29+,30+/m111/s1. The number of methoxy groups -OCH3 is 1. The summed E-state index contributed by atoms with van der Waals surface area (Å²) in [5, 5.41) is 34.7. The Bertz CT molecular complexity index is 5600. The molecule has 15 rings (SSSR count). The van der Waals surface area contributed by atoms with Crippen LogP contribution < -0.4 is 16.0 Å². The molecule has 9 atom stereocenters. The lowest BCUT2D eigenvalue weighted by Crippen LogP contribution is -2.65. The molecule has 720 valence electrons. The van der Waals surface area contributed by atoms with Gasteiger partial charge in [-0.1, -0.05) is 202 Å². The van der Waals surface area contributed by atoms with Crippen LogP contribution in [0, 0.1) is 35.2 Å². The van der Waals surface area contributed by atoms with E-state index in [4.69, 9.17) is 18.9 Å². The van der Waals surface area contributed by atoms with E-state index >= 15 is 0 Å². The Labute approximate surface area is 790 Å². The van der Waals surface area contributed by atoms with E-state index < -0.39 is 154 Å². The number of piperazine rings is 3. The van der Waals surface area contributed by atoms with Gasteiger partial charge in [0.2, 0.25) is 35.4 Å². The molecule has 0 aromatic heterocycles. The fraction of sp³-hybridized carbons (Fsp3) is 0.434. The Kier molecular flexibility index (Phi) is 32.3. The van der Waals surface area contributed by atoms with Crippen molar-refractivity contribution in [1.29, 1.82) is 0 Å². The second-order valence-corrected chi connectivity index (χ2v) is 39.3. The molecule has 27 nitrogen and oxygen atoms in total. The largest absolute Gasteiger partial charge is 0.480 e. The number of hydrogen-bond acceptors (Lipinski definition) is 16. The van der Waals surface area contributed by atoms with Crippen LogP contribution >= 0.6 is 0 Å². The zero-order chi connectivity index (χ0) is 97.6. The van der Waals surface area contributed by atoms with Crippen LogP contribution in [0.15, 0.2) is 200 Å². The summed E-state index contributed by atoms with van der Waals surface area (Å²) in [6, 6.07) is 49.2. The molecule has 30 heteroatoms. The van der Waals surface area contributed by atoms with Crippen molar-refractivity contribution in [2.45, 2.75) is 230 Å². The number of nitrogens with one attached hydrogen (secondary N) is 3. The highest BCUT2D eigenvalue weighted by Crippen LogP contribution is 2.40. The average molecular weight is 1870 g/mol. The van der Waals surface area contributed by atoms with Crippen molar-refractivity contribution in [3.63, 3.8) is 0 Å². The Morgan fingerprint density at radius 1 is 0.338 bits per heavy atom. The highest BCUT2D eigenvalue weighted by atomic mass is 19.1. The zero-order valence-electron chi connectivity index (χ0n) is 78.6. The number of carboxylic acids is 2. The highest BCUT2D eigenvalue weighted by Gasteiger charge is 2.50. The lowest BCUT2D eigenvalue weighted by molar-refractivity contribution is -0.162. The van der Waals surface area contributed by atoms with Crippen LogP contribution in [-0.4, -0.2) is 229 Å². The molecule has 136 heavy (non-hydrogen) atoms. The molecule has 0 bridgehead atoms. The van der Waals surface area contributed by atoms with E-state index in [-0.39, 0.29) is 101 Å². The zero-order valence-corrected chi connectivity index (χ0v) is 78.6. The third-order valence-electron chi connectivity index (χ3n) is 25.1. The predicted molar refractivity (Wildman–Crippen MR) is 505 cm³/mol. The van der Waals surface area contributed by atoms with Crippen molar-refractivity contribution in [3.8, 4) is 0 Å². The molecule has 3 saturated heterocycles. The average Bonchev–Trinajstić information content (AvgIpc) is 1.59. The van der Waals surface area contributed by atoms with Gasteiger partial charge in [-0.05, 0) is 201 Å². The second-order valence-electron chi connectivity index (χ2n) is 39.3. The SMILES string of the molecule is CC(C)(C)OC(=O)N[C@H](Cc1ccc(F)cc1)C(=O)N1CCN([C@@H](Cc2ccc3ccccc3c2)C(=O)O)C(=O)[C@@H]1CC1CC1.CC(C)(C)OC(=O)N[C@H](Cc1ccc(F)cc1)C(=O)N1CCN([C@@H](Cc2ccc3ccccc3c2)C(=O)O)C(=O)[C@@H]1CC1CC1.COC(=O)[C@H](Cc1ccc2ccccc2c1)N1CCN(C(=O)[C@@H](Cc2ccc(F)cc2)NC(=O)OC(C)(C)C)[C@@H](CC2CC2)C1=O. The molecule has 9 aromatic rings. The van der Waals surface area contributed by atoms with Gasteiger partial charge in [-0.2, -0.15) is 0 Å². The molecule has 0 unspecified atom stereocenters. The van der Waals surface area contributed by atoms with Gasteiger partial charge in [-0.3, -0.25) is 28.8 Å². The molecule has 9 aromatic carbocycles. The maximum atomic E-state index is 14.3. The van der Waals surface area contributed by atoms with E-state index in [9.17, 15) is 80.9 Å². The monoisotopic (exact) mass is 1870 g/mol. The summed E-state index contributed by atoms with van der Waals surface area (Å²) in [4.78, 5) is 171. The number of aliphatic carboxylic acids is 2. The van der Waals surface area contributed by atoms with Gasteiger partial charge in [-0.15, -0.1) is 0 Å². The third-order valence-corrected chi connectivity index (χ3v) is 25.1. The van der Waals surface area contributed by atoms with Crippen LogP contribution in [0.25, 0.3) is 32.3 Å². The van der Waals surface area contributed by atoms with Gasteiger partial charge in [0.15, 0.2) is 0 Å². The number of benzene rings is 9. The molecular formula is C106H122F3N9O18. The predicted octanol–water partition coefficient (Wildman–Crippen LogP) is 14.9. The molecule has 3 heterocycles. The Hall–Kier alpha value is -13.4. The molecule has 9 amide bonds. The van der Waals surface area contributed by atoms with Crippen molar-refractivity contribution in [1.82, 2.24) is 45.3 Å². The third kappa shape index (κ3) is 27.7. The van der Waals surface area contributed by atoms with Crippen LogP contribution in [0.3, 0.4) is 0 Å². The van der Waals surface area contributed by atoms with E-state index in [1.165, 1.54) is 68.0 Å². The van der Waals surface area contributed by atoms with Crippen LogP contribution in [-0.2, 0) is 101 Å². The summed E-state index contributed by atoms with van der Waals surface area (Å²) in [6.07, 6.45) is 5.31. The minimum Gasteiger partial charge on any atom is -0.480 e. The van der Waals surface area contributed by atoms with Gasteiger partial charge < -0.3 is 74.5 Å². The number of esters is 1. The normalized spacial score (nSPS) is 18.3. The van der Waals surface area contributed by atoms with Crippen molar-refractivity contribution in [2.75, 3.05) is 46.4 Å². The number of ether oxygens (including phenoxy) is 4. The van der Waals surface area contributed by atoms with E-state index in [0.717, 1.165) is 87.5 Å². The molecule has 0 radical (unpaired) electrons. The molecule has 3 saturated carbocycles. The number of fused-ring (bicyclic) bond motifs is 3. The van der Waals surface area contributed by atoms with E-state index in [0.29, 0.717) is 36.0 Å².